The first-order valence-electron chi connectivity index (χ1n) is 7.47. The van der Waals surface area contributed by atoms with E-state index in [0.29, 0.717) is 0 Å². The fourth-order valence-electron chi connectivity index (χ4n) is 2.84. The van der Waals surface area contributed by atoms with Gasteiger partial charge in [0, 0.05) is 26.2 Å². The highest BCUT2D eigenvalue weighted by Gasteiger charge is 2.33. The molecule has 8 heteroatoms. The lowest BCUT2D eigenvalue weighted by molar-refractivity contribution is -0.274. The van der Waals surface area contributed by atoms with Gasteiger partial charge in [-0.2, -0.15) is 0 Å². The monoisotopic (exact) mass is 360 g/mol. The van der Waals surface area contributed by atoms with Crippen LogP contribution in [0.4, 0.5) is 13.2 Å². The summed E-state index contributed by atoms with van der Waals surface area (Å²) >= 11 is 5.99. The Bertz CT molecular complexity index is 670. The predicted octanol–water partition coefficient (Wildman–Crippen LogP) is 3.83. The van der Waals surface area contributed by atoms with Crippen LogP contribution in [-0.4, -0.2) is 37.4 Å². The highest BCUT2D eigenvalue weighted by molar-refractivity contribution is 6.32. The van der Waals surface area contributed by atoms with Crippen molar-refractivity contribution in [2.75, 3.05) is 26.2 Å². The van der Waals surface area contributed by atoms with E-state index in [1.54, 1.807) is 18.4 Å². The van der Waals surface area contributed by atoms with Crippen molar-refractivity contribution in [3.8, 4) is 5.75 Å². The molecule has 24 heavy (non-hydrogen) atoms. The molecule has 130 valence electrons. The maximum absolute atomic E-state index is 12.4. The SMILES string of the molecule is FC(F)(F)Oc1ccc([C@@H](c2ccco2)N2CCNCC2)cc1Cl. The minimum Gasteiger partial charge on any atom is -0.467 e. The van der Waals surface area contributed by atoms with Crippen molar-refractivity contribution in [3.05, 3.63) is 52.9 Å². The minimum atomic E-state index is -4.77. The molecule has 0 saturated carbocycles. The van der Waals surface area contributed by atoms with Gasteiger partial charge in [0.1, 0.15) is 11.5 Å². The van der Waals surface area contributed by atoms with Crippen LogP contribution in [0.1, 0.15) is 17.4 Å². The van der Waals surface area contributed by atoms with Crippen molar-refractivity contribution in [1.29, 1.82) is 0 Å². The third-order valence-electron chi connectivity index (χ3n) is 3.83. The molecule has 1 aromatic carbocycles. The highest BCUT2D eigenvalue weighted by Crippen LogP contribution is 2.36. The third kappa shape index (κ3) is 4.03. The molecule has 0 aliphatic carbocycles. The van der Waals surface area contributed by atoms with Crippen molar-refractivity contribution in [1.82, 2.24) is 10.2 Å². The molecule has 2 heterocycles. The summed E-state index contributed by atoms with van der Waals surface area (Å²) in [6.07, 6.45) is -3.20. The van der Waals surface area contributed by atoms with Gasteiger partial charge < -0.3 is 14.5 Å². The molecule has 0 radical (unpaired) electrons. The van der Waals surface area contributed by atoms with Crippen LogP contribution in [0.15, 0.2) is 41.0 Å². The fraction of sp³-hybridized carbons (Fsp3) is 0.375. The number of alkyl halides is 3. The second-order valence-corrected chi connectivity index (χ2v) is 5.85. The third-order valence-corrected chi connectivity index (χ3v) is 4.12. The lowest BCUT2D eigenvalue weighted by atomic mass is 10.0. The summed E-state index contributed by atoms with van der Waals surface area (Å²) in [4.78, 5) is 2.20. The van der Waals surface area contributed by atoms with E-state index in [0.717, 1.165) is 37.5 Å². The Morgan fingerprint density at radius 3 is 2.54 bits per heavy atom. The number of nitrogens with one attached hydrogen (secondary N) is 1. The summed E-state index contributed by atoms with van der Waals surface area (Å²) in [6.45, 7) is 3.26. The van der Waals surface area contributed by atoms with Gasteiger partial charge in [-0.25, -0.2) is 0 Å². The van der Waals surface area contributed by atoms with E-state index in [9.17, 15) is 13.2 Å². The Morgan fingerprint density at radius 2 is 1.96 bits per heavy atom. The number of halogens is 4. The summed E-state index contributed by atoms with van der Waals surface area (Å²) < 4.78 is 46.6. The molecular weight excluding hydrogens is 345 g/mol. The molecule has 1 fully saturated rings. The summed E-state index contributed by atoms with van der Waals surface area (Å²) in [7, 11) is 0. The molecule has 1 saturated heterocycles. The van der Waals surface area contributed by atoms with Gasteiger partial charge in [0.15, 0.2) is 0 Å². The van der Waals surface area contributed by atoms with Crippen LogP contribution in [0.25, 0.3) is 0 Å². The molecule has 1 aliphatic heterocycles. The van der Waals surface area contributed by atoms with Gasteiger partial charge >= 0.3 is 6.36 Å². The van der Waals surface area contributed by atoms with Crippen LogP contribution in [0, 0.1) is 0 Å². The quantitative estimate of drug-likeness (QED) is 0.899. The maximum Gasteiger partial charge on any atom is 0.573 e. The van der Waals surface area contributed by atoms with Crippen molar-refractivity contribution < 1.29 is 22.3 Å². The van der Waals surface area contributed by atoms with Crippen molar-refractivity contribution in [2.24, 2.45) is 0 Å². The number of benzene rings is 1. The number of nitrogens with zero attached hydrogens (tertiary/aromatic N) is 1. The largest absolute Gasteiger partial charge is 0.573 e. The summed E-state index contributed by atoms with van der Waals surface area (Å²) in [5.74, 6) is 0.309. The number of ether oxygens (including phenoxy) is 1. The lowest BCUT2D eigenvalue weighted by Crippen LogP contribution is -2.45. The lowest BCUT2D eigenvalue weighted by Gasteiger charge is -2.34. The van der Waals surface area contributed by atoms with Gasteiger partial charge in [-0.3, -0.25) is 4.90 Å². The zero-order valence-corrected chi connectivity index (χ0v) is 13.4. The average molecular weight is 361 g/mol. The maximum atomic E-state index is 12.4. The Kier molecular flexibility index (Phi) is 5.03. The van der Waals surface area contributed by atoms with E-state index in [1.165, 1.54) is 12.1 Å². The topological polar surface area (TPSA) is 37.6 Å². The molecule has 1 aromatic heterocycles. The number of hydrogen-bond acceptors (Lipinski definition) is 4. The molecular formula is C16H16ClF3N2O2. The van der Waals surface area contributed by atoms with Crippen LogP contribution in [0.3, 0.4) is 0 Å². The molecule has 2 aromatic rings. The van der Waals surface area contributed by atoms with Crippen LogP contribution in [-0.2, 0) is 0 Å². The van der Waals surface area contributed by atoms with E-state index >= 15 is 0 Å². The number of rotatable bonds is 4. The first-order valence-corrected chi connectivity index (χ1v) is 7.85. The Morgan fingerprint density at radius 1 is 1.21 bits per heavy atom. The normalized spacial score (nSPS) is 17.7. The minimum absolute atomic E-state index is 0.0866. The fourth-order valence-corrected chi connectivity index (χ4v) is 3.06. The van der Waals surface area contributed by atoms with Gasteiger partial charge in [0.25, 0.3) is 0 Å². The van der Waals surface area contributed by atoms with E-state index in [4.69, 9.17) is 16.0 Å². The van der Waals surface area contributed by atoms with Gasteiger partial charge in [0.05, 0.1) is 17.3 Å². The standard InChI is InChI=1S/C16H16ClF3N2O2/c17-12-10-11(3-4-13(12)24-16(18,19)20)15(14-2-1-9-23-14)22-7-5-21-6-8-22/h1-4,9-10,15,21H,5-8H2/t15-/m0/s1. The highest BCUT2D eigenvalue weighted by atomic mass is 35.5. The van der Waals surface area contributed by atoms with Crippen LogP contribution in [0.5, 0.6) is 5.75 Å². The van der Waals surface area contributed by atoms with E-state index < -0.39 is 12.1 Å². The van der Waals surface area contributed by atoms with Crippen LogP contribution >= 0.6 is 11.6 Å². The van der Waals surface area contributed by atoms with Gasteiger partial charge in [-0.15, -0.1) is 13.2 Å². The smallest absolute Gasteiger partial charge is 0.467 e. The molecule has 1 N–H and O–H groups in total. The molecule has 1 aliphatic rings. The molecule has 1 atom stereocenters. The Labute approximate surface area is 142 Å². The summed E-state index contributed by atoms with van der Waals surface area (Å²) in [5, 5.41) is 3.18. The van der Waals surface area contributed by atoms with Crippen molar-refractivity contribution in [2.45, 2.75) is 12.4 Å². The van der Waals surface area contributed by atoms with E-state index in [2.05, 4.69) is 15.0 Å². The van der Waals surface area contributed by atoms with Gasteiger partial charge in [-0.1, -0.05) is 17.7 Å². The predicted molar refractivity (Wildman–Crippen MR) is 83.1 cm³/mol. The van der Waals surface area contributed by atoms with E-state index in [1.807, 2.05) is 6.07 Å². The second kappa shape index (κ2) is 7.04. The first-order chi connectivity index (χ1) is 11.4. The zero-order valence-electron chi connectivity index (χ0n) is 12.6. The van der Waals surface area contributed by atoms with Gasteiger partial charge in [-0.05, 0) is 29.8 Å². The average Bonchev–Trinajstić information content (AvgIpc) is 3.04. The zero-order chi connectivity index (χ0) is 17.2. The Balaban J connectivity index is 1.91. The molecule has 0 unspecified atom stereocenters. The molecule has 0 spiro atoms. The first kappa shape index (κ1) is 17.1. The number of furan rings is 1. The second-order valence-electron chi connectivity index (χ2n) is 5.44. The van der Waals surface area contributed by atoms with E-state index in [-0.39, 0.29) is 11.1 Å². The van der Waals surface area contributed by atoms with Crippen LogP contribution in [0.2, 0.25) is 5.02 Å². The summed E-state index contributed by atoms with van der Waals surface area (Å²) in [6, 6.07) is 7.75. The number of piperazine rings is 1. The molecule has 0 amide bonds. The molecule has 0 bridgehead atoms. The van der Waals surface area contributed by atoms with Gasteiger partial charge in [0.2, 0.25) is 0 Å². The van der Waals surface area contributed by atoms with Crippen LogP contribution < -0.4 is 10.1 Å². The Hall–Kier alpha value is -1.70. The summed E-state index contributed by atoms with van der Waals surface area (Å²) in [5.41, 5.74) is 0.756. The molecule has 3 rings (SSSR count). The van der Waals surface area contributed by atoms with Crippen molar-refractivity contribution >= 4 is 11.6 Å². The van der Waals surface area contributed by atoms with Crippen molar-refractivity contribution in [3.63, 3.8) is 0 Å². The number of hydrogen-bond donors (Lipinski definition) is 1. The molecule has 4 nitrogen and oxygen atoms in total.